The maximum Gasteiger partial charge on any atom is 0.166 e. The SMILES string of the molecule is C=Cc1c(F)c(F)cc2cccc(C(C)C)c12. The second-order valence-corrected chi connectivity index (χ2v) is 4.39. The Bertz CT molecular complexity index is 583. The van der Waals surface area contributed by atoms with E-state index in [0.29, 0.717) is 5.39 Å². The zero-order valence-electron chi connectivity index (χ0n) is 9.93. The molecule has 0 saturated heterocycles. The van der Waals surface area contributed by atoms with Crippen molar-refractivity contribution in [2.75, 3.05) is 0 Å². The van der Waals surface area contributed by atoms with Gasteiger partial charge in [-0.2, -0.15) is 0 Å². The summed E-state index contributed by atoms with van der Waals surface area (Å²) in [4.78, 5) is 0. The van der Waals surface area contributed by atoms with Gasteiger partial charge >= 0.3 is 0 Å². The zero-order valence-corrected chi connectivity index (χ0v) is 9.93. The van der Waals surface area contributed by atoms with Crippen molar-refractivity contribution in [1.29, 1.82) is 0 Å². The normalized spacial score (nSPS) is 11.1. The molecule has 0 spiro atoms. The molecule has 0 bridgehead atoms. The molecule has 2 rings (SSSR count). The first kappa shape index (κ1) is 11.8. The highest BCUT2D eigenvalue weighted by atomic mass is 19.2. The molecular formula is C15H14F2. The lowest BCUT2D eigenvalue weighted by molar-refractivity contribution is 0.509. The predicted octanol–water partition coefficient (Wildman–Crippen LogP) is 4.88. The van der Waals surface area contributed by atoms with Crippen molar-refractivity contribution >= 4 is 16.8 Å². The minimum atomic E-state index is -0.826. The van der Waals surface area contributed by atoms with Crippen molar-refractivity contribution in [2.45, 2.75) is 19.8 Å². The fourth-order valence-corrected chi connectivity index (χ4v) is 2.13. The molecule has 17 heavy (non-hydrogen) atoms. The number of hydrogen-bond donors (Lipinski definition) is 0. The molecule has 0 nitrogen and oxygen atoms in total. The first-order valence-corrected chi connectivity index (χ1v) is 5.59. The second-order valence-electron chi connectivity index (χ2n) is 4.39. The molecule has 2 aromatic carbocycles. The van der Waals surface area contributed by atoms with Crippen LogP contribution in [-0.4, -0.2) is 0 Å². The summed E-state index contributed by atoms with van der Waals surface area (Å²) in [6, 6.07) is 6.83. The predicted molar refractivity (Wildman–Crippen MR) is 68.0 cm³/mol. The number of fused-ring (bicyclic) bond motifs is 1. The van der Waals surface area contributed by atoms with Crippen LogP contribution in [0.4, 0.5) is 8.78 Å². The molecule has 2 aromatic rings. The van der Waals surface area contributed by atoms with Gasteiger partial charge in [-0.25, -0.2) is 8.78 Å². The van der Waals surface area contributed by atoms with Crippen molar-refractivity contribution in [3.63, 3.8) is 0 Å². The number of benzene rings is 2. The van der Waals surface area contributed by atoms with Gasteiger partial charge in [0.25, 0.3) is 0 Å². The van der Waals surface area contributed by atoms with Crippen LogP contribution in [-0.2, 0) is 0 Å². The van der Waals surface area contributed by atoms with Crippen molar-refractivity contribution < 1.29 is 8.78 Å². The van der Waals surface area contributed by atoms with Gasteiger partial charge < -0.3 is 0 Å². The molecule has 0 saturated carbocycles. The molecule has 0 atom stereocenters. The molecule has 0 unspecified atom stereocenters. The highest BCUT2D eigenvalue weighted by Crippen LogP contribution is 2.31. The van der Waals surface area contributed by atoms with Gasteiger partial charge in [0.15, 0.2) is 11.6 Å². The summed E-state index contributed by atoms with van der Waals surface area (Å²) in [7, 11) is 0. The van der Waals surface area contributed by atoms with Crippen molar-refractivity contribution in [1.82, 2.24) is 0 Å². The summed E-state index contributed by atoms with van der Waals surface area (Å²) < 4.78 is 27.1. The summed E-state index contributed by atoms with van der Waals surface area (Å²) in [6.07, 6.45) is 1.38. The topological polar surface area (TPSA) is 0 Å². The van der Waals surface area contributed by atoms with Crippen LogP contribution >= 0.6 is 0 Å². The third-order valence-corrected chi connectivity index (χ3v) is 2.95. The minimum absolute atomic E-state index is 0.252. The average Bonchev–Trinajstić information content (AvgIpc) is 2.30. The maximum atomic E-state index is 13.7. The lowest BCUT2D eigenvalue weighted by Crippen LogP contribution is -1.96. The van der Waals surface area contributed by atoms with Crippen LogP contribution in [0, 0.1) is 11.6 Å². The average molecular weight is 232 g/mol. The highest BCUT2D eigenvalue weighted by molar-refractivity contribution is 5.93. The maximum absolute atomic E-state index is 13.7. The molecule has 0 aliphatic heterocycles. The zero-order chi connectivity index (χ0) is 12.6. The molecule has 88 valence electrons. The van der Waals surface area contributed by atoms with Crippen molar-refractivity contribution in [3.05, 3.63) is 53.6 Å². The van der Waals surface area contributed by atoms with Gasteiger partial charge in [-0.1, -0.05) is 44.7 Å². The number of hydrogen-bond acceptors (Lipinski definition) is 0. The molecule has 0 N–H and O–H groups in total. The lowest BCUT2D eigenvalue weighted by Gasteiger charge is -2.13. The van der Waals surface area contributed by atoms with Gasteiger partial charge in [-0.05, 0) is 28.3 Å². The molecule has 0 fully saturated rings. The number of halogens is 2. The first-order chi connectivity index (χ1) is 8.06. The Hall–Kier alpha value is -1.70. The second kappa shape index (κ2) is 4.28. The van der Waals surface area contributed by atoms with Gasteiger partial charge in [-0.3, -0.25) is 0 Å². The highest BCUT2D eigenvalue weighted by Gasteiger charge is 2.15. The van der Waals surface area contributed by atoms with E-state index < -0.39 is 11.6 Å². The fourth-order valence-electron chi connectivity index (χ4n) is 2.13. The third kappa shape index (κ3) is 1.84. The van der Waals surface area contributed by atoms with E-state index in [2.05, 4.69) is 6.58 Å². The van der Waals surface area contributed by atoms with E-state index in [4.69, 9.17) is 0 Å². The van der Waals surface area contributed by atoms with Gasteiger partial charge in [0.05, 0.1) is 0 Å². The Morgan fingerprint density at radius 2 is 1.94 bits per heavy atom. The first-order valence-electron chi connectivity index (χ1n) is 5.59. The monoisotopic (exact) mass is 232 g/mol. The molecule has 0 aliphatic carbocycles. The standard InChI is InChI=1S/C15H14F2/c1-4-11-14-10(8-13(16)15(11)17)6-5-7-12(14)9(2)3/h4-9H,1H2,2-3H3. The molecule has 2 heteroatoms. The van der Waals surface area contributed by atoms with E-state index >= 15 is 0 Å². The summed E-state index contributed by atoms with van der Waals surface area (Å²) >= 11 is 0. The van der Waals surface area contributed by atoms with Crippen LogP contribution in [0.25, 0.3) is 16.8 Å². The molecular weight excluding hydrogens is 218 g/mol. The summed E-state index contributed by atoms with van der Waals surface area (Å²) in [5.74, 6) is -1.39. The van der Waals surface area contributed by atoms with Crippen LogP contribution < -0.4 is 0 Å². The van der Waals surface area contributed by atoms with E-state index in [1.807, 2.05) is 26.0 Å². The Balaban J connectivity index is 2.97. The third-order valence-electron chi connectivity index (χ3n) is 2.95. The summed E-state index contributed by atoms with van der Waals surface area (Å²) in [6.45, 7) is 7.64. The van der Waals surface area contributed by atoms with E-state index in [1.165, 1.54) is 12.1 Å². The number of rotatable bonds is 2. The summed E-state index contributed by atoms with van der Waals surface area (Å²) in [5, 5.41) is 1.47. The van der Waals surface area contributed by atoms with Crippen LogP contribution in [0.2, 0.25) is 0 Å². The largest absolute Gasteiger partial charge is 0.204 e. The quantitative estimate of drug-likeness (QED) is 0.692. The van der Waals surface area contributed by atoms with Gasteiger partial charge in [0, 0.05) is 5.56 Å². The Labute approximate surface area is 99.6 Å². The molecule has 0 amide bonds. The van der Waals surface area contributed by atoms with Gasteiger partial charge in [0.1, 0.15) is 0 Å². The minimum Gasteiger partial charge on any atom is -0.204 e. The van der Waals surface area contributed by atoms with Gasteiger partial charge in [-0.15, -0.1) is 0 Å². The van der Waals surface area contributed by atoms with E-state index in [-0.39, 0.29) is 11.5 Å². The lowest BCUT2D eigenvalue weighted by atomic mass is 9.92. The van der Waals surface area contributed by atoms with E-state index in [9.17, 15) is 8.78 Å². The molecule has 0 aromatic heterocycles. The van der Waals surface area contributed by atoms with Crippen LogP contribution in [0.5, 0.6) is 0 Å². The Morgan fingerprint density at radius 1 is 1.24 bits per heavy atom. The Kier molecular flexibility index (Phi) is 2.97. The Morgan fingerprint density at radius 3 is 2.53 bits per heavy atom. The van der Waals surface area contributed by atoms with Gasteiger partial charge in [0.2, 0.25) is 0 Å². The fraction of sp³-hybridized carbons (Fsp3) is 0.200. The summed E-state index contributed by atoms with van der Waals surface area (Å²) in [5.41, 5.74) is 1.26. The van der Waals surface area contributed by atoms with Crippen LogP contribution in [0.15, 0.2) is 30.8 Å². The van der Waals surface area contributed by atoms with Crippen molar-refractivity contribution in [2.24, 2.45) is 0 Å². The molecule has 0 heterocycles. The molecule has 0 radical (unpaired) electrons. The van der Waals surface area contributed by atoms with E-state index in [1.54, 1.807) is 6.07 Å². The van der Waals surface area contributed by atoms with E-state index in [0.717, 1.165) is 10.9 Å². The van der Waals surface area contributed by atoms with Crippen LogP contribution in [0.3, 0.4) is 0 Å². The van der Waals surface area contributed by atoms with Crippen molar-refractivity contribution in [3.8, 4) is 0 Å². The van der Waals surface area contributed by atoms with Crippen LogP contribution in [0.1, 0.15) is 30.9 Å². The smallest absolute Gasteiger partial charge is 0.166 e. The molecule has 0 aliphatic rings.